The molecule has 3 rings (SSSR count). The fourth-order valence-corrected chi connectivity index (χ4v) is 2.38. The van der Waals surface area contributed by atoms with Gasteiger partial charge in [0.25, 0.3) is 5.56 Å². The van der Waals surface area contributed by atoms with Crippen molar-refractivity contribution >= 4 is 0 Å². The Labute approximate surface area is 133 Å². The van der Waals surface area contributed by atoms with E-state index in [9.17, 15) is 4.79 Å². The number of methoxy groups -OCH3 is 2. The van der Waals surface area contributed by atoms with E-state index in [1.54, 1.807) is 26.4 Å². The van der Waals surface area contributed by atoms with Crippen molar-refractivity contribution in [1.82, 2.24) is 9.78 Å². The minimum atomic E-state index is -0.430. The summed E-state index contributed by atoms with van der Waals surface area (Å²) < 4.78 is 22.6. The summed E-state index contributed by atoms with van der Waals surface area (Å²) >= 11 is 0. The number of benzene rings is 1. The number of aromatic nitrogens is 2. The zero-order valence-electron chi connectivity index (χ0n) is 13.0. The summed E-state index contributed by atoms with van der Waals surface area (Å²) in [6, 6.07) is 8.64. The smallest absolute Gasteiger partial charge is 0.266 e. The lowest BCUT2D eigenvalue weighted by Crippen LogP contribution is -2.29. The van der Waals surface area contributed by atoms with E-state index in [-0.39, 0.29) is 12.1 Å². The molecule has 0 bridgehead atoms. The molecular formula is C16H18N2O5. The molecule has 0 N–H and O–H groups in total. The third-order valence-electron chi connectivity index (χ3n) is 3.56. The van der Waals surface area contributed by atoms with Crippen LogP contribution in [0.3, 0.4) is 0 Å². The number of rotatable bonds is 5. The summed E-state index contributed by atoms with van der Waals surface area (Å²) in [5, 5.41) is 4.38. The molecule has 7 nitrogen and oxygen atoms in total. The van der Waals surface area contributed by atoms with Crippen LogP contribution in [0.15, 0.2) is 35.1 Å². The molecule has 2 aromatic rings. The highest BCUT2D eigenvalue weighted by atomic mass is 16.7. The SMILES string of the molecule is COc1ccc(-c2ccc(=O)n(CC3OCCO3)n2)cc1OC. The summed E-state index contributed by atoms with van der Waals surface area (Å²) in [4.78, 5) is 12.0. The van der Waals surface area contributed by atoms with Gasteiger partial charge in [0.15, 0.2) is 17.8 Å². The van der Waals surface area contributed by atoms with Gasteiger partial charge in [-0.15, -0.1) is 0 Å². The highest BCUT2D eigenvalue weighted by Gasteiger charge is 2.18. The van der Waals surface area contributed by atoms with Gasteiger partial charge < -0.3 is 18.9 Å². The zero-order chi connectivity index (χ0) is 16.2. The first-order valence-electron chi connectivity index (χ1n) is 7.25. The van der Waals surface area contributed by atoms with Gasteiger partial charge in [0.05, 0.1) is 39.7 Å². The van der Waals surface area contributed by atoms with Gasteiger partial charge in [-0.25, -0.2) is 4.68 Å². The fraction of sp³-hybridized carbons (Fsp3) is 0.375. The molecule has 122 valence electrons. The molecule has 0 amide bonds. The molecule has 1 saturated heterocycles. The molecule has 0 radical (unpaired) electrons. The Kier molecular flexibility index (Phi) is 4.59. The maximum Gasteiger partial charge on any atom is 0.266 e. The van der Waals surface area contributed by atoms with Crippen LogP contribution in [0.1, 0.15) is 0 Å². The van der Waals surface area contributed by atoms with Gasteiger partial charge in [0, 0.05) is 11.6 Å². The maximum absolute atomic E-state index is 12.0. The average molecular weight is 318 g/mol. The van der Waals surface area contributed by atoms with Crippen LogP contribution in [-0.2, 0) is 16.0 Å². The minimum Gasteiger partial charge on any atom is -0.493 e. The summed E-state index contributed by atoms with van der Waals surface area (Å²) in [5.74, 6) is 1.24. The predicted molar refractivity (Wildman–Crippen MR) is 82.7 cm³/mol. The van der Waals surface area contributed by atoms with Crippen LogP contribution < -0.4 is 15.0 Å². The second kappa shape index (κ2) is 6.80. The van der Waals surface area contributed by atoms with Crippen molar-refractivity contribution in [2.24, 2.45) is 0 Å². The normalized spacial score (nSPS) is 14.9. The predicted octanol–water partition coefficient (Wildman–Crippen LogP) is 1.30. The standard InChI is InChI=1S/C16H18N2O5/c1-20-13-5-3-11(9-14(13)21-2)12-4-6-15(19)18(17-12)10-16-22-7-8-23-16/h3-6,9,16H,7-8,10H2,1-2H3. The second-order valence-corrected chi connectivity index (χ2v) is 4.98. The summed E-state index contributed by atoms with van der Waals surface area (Å²) in [6.07, 6.45) is -0.430. The van der Waals surface area contributed by atoms with E-state index in [2.05, 4.69) is 5.10 Å². The van der Waals surface area contributed by atoms with Crippen LogP contribution in [0.4, 0.5) is 0 Å². The molecule has 1 aromatic heterocycles. The van der Waals surface area contributed by atoms with Gasteiger partial charge in [-0.2, -0.15) is 5.10 Å². The van der Waals surface area contributed by atoms with E-state index in [0.29, 0.717) is 30.4 Å². The van der Waals surface area contributed by atoms with Crippen LogP contribution >= 0.6 is 0 Å². The van der Waals surface area contributed by atoms with Crippen LogP contribution in [0.5, 0.6) is 11.5 Å². The van der Waals surface area contributed by atoms with E-state index in [1.807, 2.05) is 12.1 Å². The molecular weight excluding hydrogens is 300 g/mol. The molecule has 1 aromatic carbocycles. The lowest BCUT2D eigenvalue weighted by Gasteiger charge is -2.12. The Hall–Kier alpha value is -2.38. The number of nitrogens with zero attached hydrogens (tertiary/aromatic N) is 2. The van der Waals surface area contributed by atoms with Crippen molar-refractivity contribution in [3.8, 4) is 22.8 Å². The lowest BCUT2D eigenvalue weighted by atomic mass is 10.1. The Balaban J connectivity index is 1.92. The Morgan fingerprint density at radius 2 is 1.87 bits per heavy atom. The minimum absolute atomic E-state index is 0.201. The molecule has 0 unspecified atom stereocenters. The molecule has 7 heteroatoms. The van der Waals surface area contributed by atoms with Crippen molar-refractivity contribution in [1.29, 1.82) is 0 Å². The highest BCUT2D eigenvalue weighted by Crippen LogP contribution is 2.31. The van der Waals surface area contributed by atoms with Crippen molar-refractivity contribution in [2.75, 3.05) is 27.4 Å². The van der Waals surface area contributed by atoms with Gasteiger partial charge in [-0.1, -0.05) is 0 Å². The molecule has 0 aliphatic carbocycles. The molecule has 0 saturated carbocycles. The van der Waals surface area contributed by atoms with E-state index < -0.39 is 6.29 Å². The lowest BCUT2D eigenvalue weighted by molar-refractivity contribution is -0.0553. The first-order chi connectivity index (χ1) is 11.2. The number of ether oxygens (including phenoxy) is 4. The Bertz CT molecular complexity index is 737. The van der Waals surface area contributed by atoms with Crippen LogP contribution in [0.2, 0.25) is 0 Å². The first-order valence-corrected chi connectivity index (χ1v) is 7.25. The monoisotopic (exact) mass is 318 g/mol. The number of hydrogen-bond donors (Lipinski definition) is 0. The van der Waals surface area contributed by atoms with E-state index >= 15 is 0 Å². The molecule has 1 fully saturated rings. The molecule has 2 heterocycles. The number of hydrogen-bond acceptors (Lipinski definition) is 6. The Morgan fingerprint density at radius 1 is 1.13 bits per heavy atom. The van der Waals surface area contributed by atoms with Crippen molar-refractivity contribution in [3.05, 3.63) is 40.7 Å². The van der Waals surface area contributed by atoms with Crippen LogP contribution in [-0.4, -0.2) is 43.5 Å². The average Bonchev–Trinajstić information content (AvgIpc) is 3.09. The zero-order valence-corrected chi connectivity index (χ0v) is 13.0. The quantitative estimate of drug-likeness (QED) is 0.827. The van der Waals surface area contributed by atoms with Gasteiger partial charge in [0.2, 0.25) is 0 Å². The third-order valence-corrected chi connectivity index (χ3v) is 3.56. The molecule has 23 heavy (non-hydrogen) atoms. The van der Waals surface area contributed by atoms with Crippen LogP contribution in [0, 0.1) is 0 Å². The van der Waals surface area contributed by atoms with Crippen molar-refractivity contribution in [3.63, 3.8) is 0 Å². The summed E-state index contributed by atoms with van der Waals surface area (Å²) in [5.41, 5.74) is 1.28. The molecule has 0 atom stereocenters. The summed E-state index contributed by atoms with van der Waals surface area (Å²) in [7, 11) is 3.16. The van der Waals surface area contributed by atoms with Crippen molar-refractivity contribution < 1.29 is 18.9 Å². The maximum atomic E-state index is 12.0. The van der Waals surface area contributed by atoms with Crippen LogP contribution in [0.25, 0.3) is 11.3 Å². The molecule has 0 spiro atoms. The van der Waals surface area contributed by atoms with Gasteiger partial charge in [-0.05, 0) is 24.3 Å². The highest BCUT2D eigenvalue weighted by molar-refractivity contribution is 5.63. The van der Waals surface area contributed by atoms with Gasteiger partial charge >= 0.3 is 0 Å². The first kappa shape index (κ1) is 15.5. The van der Waals surface area contributed by atoms with Gasteiger partial charge in [-0.3, -0.25) is 4.79 Å². The third kappa shape index (κ3) is 3.35. The fourth-order valence-electron chi connectivity index (χ4n) is 2.38. The van der Waals surface area contributed by atoms with E-state index in [4.69, 9.17) is 18.9 Å². The van der Waals surface area contributed by atoms with E-state index in [1.165, 1.54) is 10.7 Å². The second-order valence-electron chi connectivity index (χ2n) is 4.98. The molecule has 1 aliphatic heterocycles. The Morgan fingerprint density at radius 3 is 2.57 bits per heavy atom. The topological polar surface area (TPSA) is 71.8 Å². The largest absolute Gasteiger partial charge is 0.493 e. The summed E-state index contributed by atoms with van der Waals surface area (Å²) in [6.45, 7) is 1.34. The van der Waals surface area contributed by atoms with Crippen molar-refractivity contribution in [2.45, 2.75) is 12.8 Å². The van der Waals surface area contributed by atoms with E-state index in [0.717, 1.165) is 5.56 Å². The molecule has 1 aliphatic rings. The van der Waals surface area contributed by atoms with Gasteiger partial charge in [0.1, 0.15) is 0 Å².